The summed E-state index contributed by atoms with van der Waals surface area (Å²) in [6.45, 7) is 6.14. The molecule has 2 aliphatic carbocycles. The van der Waals surface area contributed by atoms with Crippen molar-refractivity contribution in [3.8, 4) is 0 Å². The summed E-state index contributed by atoms with van der Waals surface area (Å²) in [7, 11) is 0. The Labute approximate surface area is 73.8 Å². The first kappa shape index (κ1) is 8.03. The first-order valence-corrected chi connectivity index (χ1v) is 4.83. The summed E-state index contributed by atoms with van der Waals surface area (Å²) in [6, 6.07) is 0. The van der Waals surface area contributed by atoms with E-state index < -0.39 is 0 Å². The van der Waals surface area contributed by atoms with Crippen LogP contribution in [-0.4, -0.2) is 5.78 Å². The zero-order chi connectivity index (χ0) is 8.77. The number of hydrogen-bond donors (Lipinski definition) is 0. The number of carbonyl (C=O) groups excluding carboxylic acids is 1. The van der Waals surface area contributed by atoms with Crippen molar-refractivity contribution >= 4 is 5.78 Å². The number of allylic oxidation sites excluding steroid dienone is 1. The molecule has 0 aliphatic heterocycles. The molecule has 1 nitrogen and oxygen atoms in total. The molecule has 0 radical (unpaired) electrons. The van der Waals surface area contributed by atoms with E-state index in [4.69, 9.17) is 0 Å². The Kier molecular flexibility index (Phi) is 1.64. The van der Waals surface area contributed by atoms with Gasteiger partial charge in [-0.25, -0.2) is 0 Å². The van der Waals surface area contributed by atoms with Crippen LogP contribution in [0, 0.1) is 11.3 Å². The Balaban J connectivity index is 2.29. The quantitative estimate of drug-likeness (QED) is 0.503. The van der Waals surface area contributed by atoms with Crippen molar-refractivity contribution in [1.29, 1.82) is 0 Å². The van der Waals surface area contributed by atoms with Crippen LogP contribution in [0.3, 0.4) is 0 Å². The van der Waals surface area contributed by atoms with E-state index in [1.807, 2.05) is 0 Å². The highest BCUT2D eigenvalue weighted by Gasteiger charge is 2.47. The summed E-state index contributed by atoms with van der Waals surface area (Å²) in [5, 5.41) is 0. The standard InChI is InChI=1S/C11H16O/c1-8-6-9-4-3-5-10(12)11(9,2)7-8/h9H,1,3-7H2,2H3/t9-,11+/m1/s1. The Morgan fingerprint density at radius 3 is 3.00 bits per heavy atom. The van der Waals surface area contributed by atoms with E-state index in [0.29, 0.717) is 11.7 Å². The molecule has 0 amide bonds. The second-order valence-electron chi connectivity index (χ2n) is 4.56. The van der Waals surface area contributed by atoms with Crippen molar-refractivity contribution in [3.05, 3.63) is 12.2 Å². The lowest BCUT2D eigenvalue weighted by Crippen LogP contribution is -2.35. The Morgan fingerprint density at radius 2 is 2.33 bits per heavy atom. The molecule has 2 saturated carbocycles. The third kappa shape index (κ3) is 0.954. The van der Waals surface area contributed by atoms with Gasteiger partial charge in [-0.3, -0.25) is 4.79 Å². The lowest BCUT2D eigenvalue weighted by atomic mass is 9.69. The minimum Gasteiger partial charge on any atom is -0.299 e. The van der Waals surface area contributed by atoms with Crippen molar-refractivity contribution in [1.82, 2.24) is 0 Å². The van der Waals surface area contributed by atoms with Crippen molar-refractivity contribution in [2.24, 2.45) is 11.3 Å². The molecular formula is C11H16O. The second-order valence-corrected chi connectivity index (χ2v) is 4.56. The fourth-order valence-corrected chi connectivity index (χ4v) is 2.85. The molecular weight excluding hydrogens is 148 g/mol. The van der Waals surface area contributed by atoms with Gasteiger partial charge in [-0.15, -0.1) is 0 Å². The smallest absolute Gasteiger partial charge is 0.139 e. The summed E-state index contributed by atoms with van der Waals surface area (Å²) in [5.74, 6) is 1.10. The van der Waals surface area contributed by atoms with E-state index in [0.717, 1.165) is 25.7 Å². The third-order valence-corrected chi connectivity index (χ3v) is 3.65. The molecule has 2 rings (SSSR count). The summed E-state index contributed by atoms with van der Waals surface area (Å²) in [4.78, 5) is 11.7. The van der Waals surface area contributed by atoms with E-state index >= 15 is 0 Å². The topological polar surface area (TPSA) is 17.1 Å². The molecule has 0 unspecified atom stereocenters. The number of fused-ring (bicyclic) bond motifs is 1. The van der Waals surface area contributed by atoms with Crippen molar-refractivity contribution < 1.29 is 4.79 Å². The summed E-state index contributed by atoms with van der Waals surface area (Å²) in [5.41, 5.74) is 1.27. The Hall–Kier alpha value is -0.590. The van der Waals surface area contributed by atoms with Crippen LogP contribution in [0.2, 0.25) is 0 Å². The average molecular weight is 164 g/mol. The fourth-order valence-electron chi connectivity index (χ4n) is 2.85. The predicted octanol–water partition coefficient (Wildman–Crippen LogP) is 2.71. The van der Waals surface area contributed by atoms with Crippen LogP contribution in [0.25, 0.3) is 0 Å². The van der Waals surface area contributed by atoms with E-state index in [9.17, 15) is 4.79 Å². The second kappa shape index (κ2) is 2.45. The minimum atomic E-state index is -0.0185. The first-order valence-electron chi connectivity index (χ1n) is 4.83. The van der Waals surface area contributed by atoms with Gasteiger partial charge in [-0.05, 0) is 31.6 Å². The molecule has 1 heteroatoms. The van der Waals surface area contributed by atoms with Crippen LogP contribution in [0.4, 0.5) is 0 Å². The Morgan fingerprint density at radius 1 is 1.58 bits per heavy atom. The molecule has 0 heterocycles. The van der Waals surface area contributed by atoms with Crippen molar-refractivity contribution in [2.45, 2.75) is 39.0 Å². The van der Waals surface area contributed by atoms with E-state index in [2.05, 4.69) is 13.5 Å². The highest BCUT2D eigenvalue weighted by atomic mass is 16.1. The molecule has 0 aromatic carbocycles. The van der Waals surface area contributed by atoms with Crippen LogP contribution in [0.15, 0.2) is 12.2 Å². The molecule has 0 N–H and O–H groups in total. The molecule has 0 spiro atoms. The molecule has 12 heavy (non-hydrogen) atoms. The van der Waals surface area contributed by atoms with Crippen molar-refractivity contribution in [2.75, 3.05) is 0 Å². The normalized spacial score (nSPS) is 41.6. The van der Waals surface area contributed by atoms with E-state index in [1.165, 1.54) is 12.0 Å². The van der Waals surface area contributed by atoms with Crippen LogP contribution < -0.4 is 0 Å². The first-order chi connectivity index (χ1) is 5.63. The van der Waals surface area contributed by atoms with Gasteiger partial charge in [-0.2, -0.15) is 0 Å². The van der Waals surface area contributed by atoms with E-state index in [-0.39, 0.29) is 5.41 Å². The van der Waals surface area contributed by atoms with Gasteiger partial charge in [0.15, 0.2) is 0 Å². The molecule has 0 aromatic rings. The third-order valence-electron chi connectivity index (χ3n) is 3.65. The van der Waals surface area contributed by atoms with Crippen LogP contribution in [0.1, 0.15) is 39.0 Å². The van der Waals surface area contributed by atoms with Gasteiger partial charge < -0.3 is 0 Å². The molecule has 0 bridgehead atoms. The molecule has 0 aromatic heterocycles. The SMILES string of the molecule is C=C1C[C@H]2CCCC(=O)[C@@]2(C)C1. The summed E-state index contributed by atoms with van der Waals surface area (Å²) >= 11 is 0. The van der Waals surface area contributed by atoms with Gasteiger partial charge in [0, 0.05) is 11.8 Å². The molecule has 2 fully saturated rings. The van der Waals surface area contributed by atoms with E-state index in [1.54, 1.807) is 0 Å². The van der Waals surface area contributed by atoms with Gasteiger partial charge in [0.1, 0.15) is 5.78 Å². The minimum absolute atomic E-state index is 0.0185. The number of rotatable bonds is 0. The number of Topliss-reactive ketones (excluding diaryl/α,β-unsaturated/α-hetero) is 1. The van der Waals surface area contributed by atoms with Gasteiger partial charge in [0.2, 0.25) is 0 Å². The maximum Gasteiger partial charge on any atom is 0.139 e. The van der Waals surface area contributed by atoms with Gasteiger partial charge in [-0.1, -0.05) is 19.1 Å². The Bertz CT molecular complexity index is 241. The molecule has 2 aliphatic rings. The molecule has 2 atom stereocenters. The zero-order valence-electron chi connectivity index (χ0n) is 7.73. The molecule has 0 saturated heterocycles. The lowest BCUT2D eigenvalue weighted by Gasteiger charge is -2.33. The van der Waals surface area contributed by atoms with Crippen LogP contribution in [-0.2, 0) is 4.79 Å². The fraction of sp³-hybridized carbons (Fsp3) is 0.727. The summed E-state index contributed by atoms with van der Waals surface area (Å²) in [6.07, 6.45) is 5.20. The van der Waals surface area contributed by atoms with Crippen molar-refractivity contribution in [3.63, 3.8) is 0 Å². The maximum atomic E-state index is 11.7. The number of hydrogen-bond acceptors (Lipinski definition) is 1. The monoisotopic (exact) mass is 164 g/mol. The van der Waals surface area contributed by atoms with Gasteiger partial charge >= 0.3 is 0 Å². The zero-order valence-corrected chi connectivity index (χ0v) is 7.73. The number of carbonyl (C=O) groups is 1. The van der Waals surface area contributed by atoms with Crippen LogP contribution in [0.5, 0.6) is 0 Å². The highest BCUT2D eigenvalue weighted by Crippen LogP contribution is 2.51. The van der Waals surface area contributed by atoms with Gasteiger partial charge in [0.05, 0.1) is 0 Å². The van der Waals surface area contributed by atoms with Crippen LogP contribution >= 0.6 is 0 Å². The largest absolute Gasteiger partial charge is 0.299 e. The lowest BCUT2D eigenvalue weighted by molar-refractivity contribution is -0.132. The van der Waals surface area contributed by atoms with Gasteiger partial charge in [0.25, 0.3) is 0 Å². The average Bonchev–Trinajstić information content (AvgIpc) is 2.27. The highest BCUT2D eigenvalue weighted by molar-refractivity contribution is 5.86. The predicted molar refractivity (Wildman–Crippen MR) is 48.8 cm³/mol. The number of ketones is 1. The maximum absolute atomic E-state index is 11.7. The molecule has 66 valence electrons. The summed E-state index contributed by atoms with van der Waals surface area (Å²) < 4.78 is 0.